The van der Waals surface area contributed by atoms with E-state index in [9.17, 15) is 13.2 Å². The molecule has 32 heavy (non-hydrogen) atoms. The normalized spacial score (nSPS) is 22.1. The number of halogens is 3. The summed E-state index contributed by atoms with van der Waals surface area (Å²) in [6.07, 6.45) is -2.88. The molecule has 0 amide bonds. The number of nitrogens with one attached hydrogen (secondary N) is 1. The molecule has 0 spiro atoms. The molecule has 2 bridgehead atoms. The van der Waals surface area contributed by atoms with Crippen LogP contribution in [0.3, 0.4) is 0 Å². The van der Waals surface area contributed by atoms with Gasteiger partial charge in [-0.15, -0.1) is 11.3 Å². The zero-order valence-electron chi connectivity index (χ0n) is 17.4. The maximum Gasteiger partial charge on any atom is 0.418 e. The minimum absolute atomic E-state index is 0.0356. The van der Waals surface area contributed by atoms with Crippen LogP contribution in [0.2, 0.25) is 0 Å². The number of fused-ring (bicyclic) bond motifs is 3. The highest BCUT2D eigenvalue weighted by Gasteiger charge is 2.43. The van der Waals surface area contributed by atoms with Crippen molar-refractivity contribution in [3.8, 4) is 10.6 Å². The van der Waals surface area contributed by atoms with Crippen molar-refractivity contribution in [2.24, 2.45) is 0 Å². The highest BCUT2D eigenvalue weighted by molar-refractivity contribution is 7.13. The molecule has 3 unspecified atom stereocenters. The summed E-state index contributed by atoms with van der Waals surface area (Å²) < 4.78 is 57.7. The summed E-state index contributed by atoms with van der Waals surface area (Å²) in [6, 6.07) is 4.03. The van der Waals surface area contributed by atoms with Gasteiger partial charge in [0.05, 0.1) is 18.8 Å². The number of hydrogen-bond donors (Lipinski definition) is 1. The average Bonchev–Trinajstić information content (AvgIpc) is 3.49. The van der Waals surface area contributed by atoms with Gasteiger partial charge in [-0.3, -0.25) is 0 Å². The van der Waals surface area contributed by atoms with Gasteiger partial charge in [0.25, 0.3) is 6.01 Å². The number of nitrogens with zero attached hydrogens (tertiary/aromatic N) is 3. The van der Waals surface area contributed by atoms with Gasteiger partial charge in [-0.05, 0) is 30.5 Å². The number of aromatic nitrogens is 2. The third kappa shape index (κ3) is 4.21. The van der Waals surface area contributed by atoms with Crippen molar-refractivity contribution < 1.29 is 27.1 Å². The SMILES string of the molecule is COCCOC(c1cc(-c2nccs2)c2oc(N3CC4CCC(C3)N4)nc2c1)C(F)(F)F. The highest BCUT2D eigenvalue weighted by atomic mass is 32.1. The van der Waals surface area contributed by atoms with Gasteiger partial charge < -0.3 is 24.1 Å². The summed E-state index contributed by atoms with van der Waals surface area (Å²) in [5.74, 6) is 0. The molecule has 0 saturated carbocycles. The Labute approximate surface area is 186 Å². The Morgan fingerprint density at radius 2 is 2.03 bits per heavy atom. The molecule has 4 heterocycles. The fourth-order valence-corrected chi connectivity index (χ4v) is 5.08. The van der Waals surface area contributed by atoms with E-state index in [1.165, 1.54) is 30.6 Å². The third-order valence-corrected chi connectivity index (χ3v) is 6.63. The number of benzene rings is 1. The van der Waals surface area contributed by atoms with Crippen LogP contribution in [0.1, 0.15) is 24.5 Å². The number of ether oxygens (including phenoxy) is 2. The Hall–Kier alpha value is -2.21. The first-order chi connectivity index (χ1) is 15.4. The van der Waals surface area contributed by atoms with Gasteiger partial charge in [-0.2, -0.15) is 18.2 Å². The van der Waals surface area contributed by atoms with Crippen molar-refractivity contribution >= 4 is 28.5 Å². The Morgan fingerprint density at radius 1 is 1.25 bits per heavy atom. The second kappa shape index (κ2) is 8.62. The molecule has 3 aromatic rings. The van der Waals surface area contributed by atoms with Crippen molar-refractivity contribution in [2.75, 3.05) is 38.3 Å². The molecule has 5 rings (SSSR count). The lowest BCUT2D eigenvalue weighted by molar-refractivity contribution is -0.226. The van der Waals surface area contributed by atoms with E-state index < -0.39 is 12.3 Å². The van der Waals surface area contributed by atoms with Crippen molar-refractivity contribution in [3.63, 3.8) is 0 Å². The van der Waals surface area contributed by atoms with Crippen LogP contribution in [0.25, 0.3) is 21.7 Å². The third-order valence-electron chi connectivity index (χ3n) is 5.82. The summed E-state index contributed by atoms with van der Waals surface area (Å²) in [6.45, 7) is 1.40. The molecule has 2 aliphatic heterocycles. The Bertz CT molecular complexity index is 1060. The van der Waals surface area contributed by atoms with Crippen LogP contribution in [0.15, 0.2) is 28.1 Å². The number of piperazine rings is 1. The highest BCUT2D eigenvalue weighted by Crippen LogP contribution is 2.41. The Kier molecular flexibility index (Phi) is 5.82. The lowest BCUT2D eigenvalue weighted by Crippen LogP contribution is -2.51. The minimum Gasteiger partial charge on any atom is -0.423 e. The first-order valence-electron chi connectivity index (χ1n) is 10.4. The molecule has 7 nitrogen and oxygen atoms in total. The standard InChI is InChI=1S/C21H23F3N4O3S/c1-29-5-6-30-18(21(22,23)24)12-8-15(19-25-4-7-32-19)17-16(9-12)27-20(31-17)28-10-13-2-3-14(11-28)26-13/h4,7-9,13-14,18,26H,2-3,5-6,10-11H2,1H3. The number of thiazole rings is 1. The van der Waals surface area contributed by atoms with E-state index in [2.05, 4.69) is 20.2 Å². The van der Waals surface area contributed by atoms with E-state index in [0.29, 0.717) is 39.8 Å². The fourth-order valence-electron chi connectivity index (χ4n) is 4.43. The first kappa shape index (κ1) is 21.6. The molecular weight excluding hydrogens is 445 g/mol. The molecule has 172 valence electrons. The second-order valence-corrected chi connectivity index (χ2v) is 8.97. The smallest absolute Gasteiger partial charge is 0.418 e. The molecule has 1 N–H and O–H groups in total. The van der Waals surface area contributed by atoms with Gasteiger partial charge in [0, 0.05) is 43.9 Å². The number of rotatable bonds is 7. The zero-order valence-corrected chi connectivity index (χ0v) is 18.2. The number of alkyl halides is 3. The molecule has 1 aromatic carbocycles. The maximum absolute atomic E-state index is 13.9. The van der Waals surface area contributed by atoms with E-state index in [1.807, 2.05) is 0 Å². The molecule has 2 fully saturated rings. The largest absolute Gasteiger partial charge is 0.423 e. The fraction of sp³-hybridized carbons (Fsp3) is 0.524. The molecule has 11 heteroatoms. The van der Waals surface area contributed by atoms with Gasteiger partial charge in [-0.1, -0.05) is 0 Å². The van der Waals surface area contributed by atoms with Crippen LogP contribution in [0, 0.1) is 0 Å². The Balaban J connectivity index is 1.57. The summed E-state index contributed by atoms with van der Waals surface area (Å²) >= 11 is 1.33. The summed E-state index contributed by atoms with van der Waals surface area (Å²) in [5.41, 5.74) is 1.24. The predicted molar refractivity (Wildman–Crippen MR) is 114 cm³/mol. The zero-order chi connectivity index (χ0) is 22.3. The van der Waals surface area contributed by atoms with Gasteiger partial charge in [0.2, 0.25) is 0 Å². The van der Waals surface area contributed by atoms with E-state index >= 15 is 0 Å². The maximum atomic E-state index is 13.9. The van der Waals surface area contributed by atoms with Gasteiger partial charge in [0.15, 0.2) is 11.7 Å². The molecule has 2 aromatic heterocycles. The van der Waals surface area contributed by atoms with E-state index in [1.54, 1.807) is 11.6 Å². The number of oxazole rings is 1. The summed E-state index contributed by atoms with van der Waals surface area (Å²) in [7, 11) is 1.41. The van der Waals surface area contributed by atoms with Crippen LogP contribution in [0.4, 0.5) is 19.2 Å². The number of anilines is 1. The first-order valence-corrected chi connectivity index (χ1v) is 11.3. The average molecular weight is 469 g/mol. The van der Waals surface area contributed by atoms with E-state index in [0.717, 1.165) is 25.9 Å². The molecule has 2 saturated heterocycles. The van der Waals surface area contributed by atoms with Gasteiger partial charge in [-0.25, -0.2) is 4.98 Å². The van der Waals surface area contributed by atoms with Crippen LogP contribution in [0.5, 0.6) is 0 Å². The van der Waals surface area contributed by atoms with Crippen molar-refractivity contribution in [3.05, 3.63) is 29.3 Å². The van der Waals surface area contributed by atoms with Crippen molar-refractivity contribution in [2.45, 2.75) is 37.2 Å². The van der Waals surface area contributed by atoms with Crippen LogP contribution in [-0.4, -0.2) is 61.6 Å². The molecule has 2 aliphatic rings. The Morgan fingerprint density at radius 3 is 2.69 bits per heavy atom. The lowest BCUT2D eigenvalue weighted by Gasteiger charge is -2.31. The second-order valence-electron chi connectivity index (χ2n) is 8.08. The van der Waals surface area contributed by atoms with Crippen LogP contribution in [-0.2, 0) is 9.47 Å². The van der Waals surface area contributed by atoms with Gasteiger partial charge in [0.1, 0.15) is 10.5 Å². The van der Waals surface area contributed by atoms with Crippen LogP contribution < -0.4 is 10.2 Å². The molecular formula is C21H23F3N4O3S. The summed E-state index contributed by atoms with van der Waals surface area (Å²) in [4.78, 5) is 11.0. The minimum atomic E-state index is -4.59. The van der Waals surface area contributed by atoms with Crippen LogP contribution >= 0.6 is 11.3 Å². The number of methoxy groups -OCH3 is 1. The predicted octanol–water partition coefficient (Wildman–Crippen LogP) is 4.16. The topological polar surface area (TPSA) is 72.7 Å². The van der Waals surface area contributed by atoms with Crippen molar-refractivity contribution in [1.29, 1.82) is 0 Å². The molecule has 0 aliphatic carbocycles. The van der Waals surface area contributed by atoms with E-state index in [-0.39, 0.29) is 18.8 Å². The van der Waals surface area contributed by atoms with E-state index in [4.69, 9.17) is 13.9 Å². The van der Waals surface area contributed by atoms with Gasteiger partial charge >= 0.3 is 6.18 Å². The quantitative estimate of drug-likeness (QED) is 0.522. The molecule has 3 atom stereocenters. The molecule has 0 radical (unpaired) electrons. The summed E-state index contributed by atoms with van der Waals surface area (Å²) in [5, 5.41) is 5.89. The monoisotopic (exact) mass is 468 g/mol. The number of hydrogen-bond acceptors (Lipinski definition) is 8. The van der Waals surface area contributed by atoms with Crippen molar-refractivity contribution in [1.82, 2.24) is 15.3 Å². The lowest BCUT2D eigenvalue weighted by atomic mass is 10.0.